The van der Waals surface area contributed by atoms with Crippen molar-refractivity contribution in [3.05, 3.63) is 35.3 Å². The van der Waals surface area contributed by atoms with Gasteiger partial charge >= 0.3 is 0 Å². The summed E-state index contributed by atoms with van der Waals surface area (Å²) in [7, 11) is 0. The number of aryl methyl sites for hydroxylation is 1. The Kier molecular flexibility index (Phi) is 4.39. The molecule has 0 aliphatic carbocycles. The first-order chi connectivity index (χ1) is 8.24. The van der Waals surface area contributed by atoms with Crippen LogP contribution in [-0.2, 0) is 0 Å². The molecule has 0 saturated heterocycles. The highest BCUT2D eigenvalue weighted by Crippen LogP contribution is 2.23. The third kappa shape index (κ3) is 4.02. The van der Waals surface area contributed by atoms with E-state index < -0.39 is 0 Å². The first-order valence-electron chi connectivity index (χ1n) is 5.50. The standard InChI is InChI=1S/C12H15N3S2/c1-9(16-11-6-4-3-5-7-11)8-13-12-15-14-10(2)17-12/h3-7,9H,8H2,1-2H3,(H,13,15). The summed E-state index contributed by atoms with van der Waals surface area (Å²) in [6.07, 6.45) is 0. The largest absolute Gasteiger partial charge is 0.359 e. The lowest BCUT2D eigenvalue weighted by Gasteiger charge is -2.11. The second-order valence-electron chi connectivity index (χ2n) is 3.75. The first-order valence-corrected chi connectivity index (χ1v) is 7.19. The monoisotopic (exact) mass is 265 g/mol. The lowest BCUT2D eigenvalue weighted by atomic mass is 10.4. The van der Waals surface area contributed by atoms with Crippen LogP contribution in [0.4, 0.5) is 5.13 Å². The number of rotatable bonds is 5. The third-order valence-corrected chi connectivity index (χ3v) is 4.06. The highest BCUT2D eigenvalue weighted by Gasteiger charge is 2.05. The van der Waals surface area contributed by atoms with Crippen molar-refractivity contribution in [3.63, 3.8) is 0 Å². The molecule has 1 N–H and O–H groups in total. The number of hydrogen-bond donors (Lipinski definition) is 1. The second-order valence-corrected chi connectivity index (χ2v) is 6.44. The number of thioether (sulfide) groups is 1. The Morgan fingerprint density at radius 2 is 2.06 bits per heavy atom. The van der Waals surface area contributed by atoms with Crippen LogP contribution in [0, 0.1) is 6.92 Å². The van der Waals surface area contributed by atoms with E-state index in [0.29, 0.717) is 5.25 Å². The van der Waals surface area contributed by atoms with Gasteiger partial charge in [0.05, 0.1) is 0 Å². The van der Waals surface area contributed by atoms with Crippen molar-refractivity contribution >= 4 is 28.2 Å². The lowest BCUT2D eigenvalue weighted by molar-refractivity contribution is 0.973. The quantitative estimate of drug-likeness (QED) is 0.840. The van der Waals surface area contributed by atoms with Gasteiger partial charge in [-0.1, -0.05) is 36.5 Å². The SMILES string of the molecule is Cc1nnc(NCC(C)Sc2ccccc2)s1. The number of aromatic nitrogens is 2. The van der Waals surface area contributed by atoms with Crippen molar-refractivity contribution in [1.29, 1.82) is 0 Å². The Morgan fingerprint density at radius 1 is 1.29 bits per heavy atom. The normalized spacial score (nSPS) is 12.4. The second kappa shape index (κ2) is 6.02. The first kappa shape index (κ1) is 12.4. The zero-order valence-electron chi connectivity index (χ0n) is 9.88. The molecule has 5 heteroatoms. The Labute approximate surface area is 110 Å². The maximum Gasteiger partial charge on any atom is 0.205 e. The molecule has 90 valence electrons. The van der Waals surface area contributed by atoms with Crippen molar-refractivity contribution in [3.8, 4) is 0 Å². The van der Waals surface area contributed by atoms with E-state index in [0.717, 1.165) is 16.7 Å². The summed E-state index contributed by atoms with van der Waals surface area (Å²) in [5.74, 6) is 0. The Balaban J connectivity index is 1.80. The Bertz CT molecular complexity index is 456. The lowest BCUT2D eigenvalue weighted by Crippen LogP contribution is -2.12. The summed E-state index contributed by atoms with van der Waals surface area (Å²) < 4.78 is 0. The molecule has 0 radical (unpaired) electrons. The van der Waals surface area contributed by atoms with Crippen LogP contribution in [0.15, 0.2) is 35.2 Å². The highest BCUT2D eigenvalue weighted by atomic mass is 32.2. The van der Waals surface area contributed by atoms with E-state index in [-0.39, 0.29) is 0 Å². The van der Waals surface area contributed by atoms with Crippen molar-refractivity contribution < 1.29 is 0 Å². The Morgan fingerprint density at radius 3 is 2.71 bits per heavy atom. The number of nitrogens with zero attached hydrogens (tertiary/aromatic N) is 2. The molecule has 2 aromatic rings. The highest BCUT2D eigenvalue weighted by molar-refractivity contribution is 8.00. The third-order valence-electron chi connectivity index (χ3n) is 2.15. The maximum atomic E-state index is 4.04. The van der Waals surface area contributed by atoms with Gasteiger partial charge in [-0.05, 0) is 19.1 Å². The van der Waals surface area contributed by atoms with Gasteiger partial charge in [-0.2, -0.15) is 0 Å². The number of nitrogens with one attached hydrogen (secondary N) is 1. The molecule has 2 rings (SSSR count). The molecule has 0 bridgehead atoms. The smallest absolute Gasteiger partial charge is 0.205 e. The molecule has 1 aromatic carbocycles. The molecule has 3 nitrogen and oxygen atoms in total. The van der Waals surface area contributed by atoms with E-state index >= 15 is 0 Å². The average molecular weight is 265 g/mol. The van der Waals surface area contributed by atoms with Gasteiger partial charge in [-0.15, -0.1) is 22.0 Å². The van der Waals surface area contributed by atoms with Crippen LogP contribution in [-0.4, -0.2) is 22.0 Å². The van der Waals surface area contributed by atoms with E-state index in [9.17, 15) is 0 Å². The average Bonchev–Trinajstić information content (AvgIpc) is 2.74. The Hall–Kier alpha value is -1.07. The van der Waals surface area contributed by atoms with Crippen LogP contribution in [0.3, 0.4) is 0 Å². The van der Waals surface area contributed by atoms with Crippen LogP contribution in [0.1, 0.15) is 11.9 Å². The molecule has 0 saturated carbocycles. The summed E-state index contributed by atoms with van der Waals surface area (Å²) in [6, 6.07) is 10.4. The van der Waals surface area contributed by atoms with Crippen LogP contribution in [0.2, 0.25) is 0 Å². The van der Waals surface area contributed by atoms with E-state index in [1.54, 1.807) is 11.3 Å². The minimum Gasteiger partial charge on any atom is -0.359 e. The minimum atomic E-state index is 0.501. The fourth-order valence-electron chi connectivity index (χ4n) is 1.37. The molecule has 17 heavy (non-hydrogen) atoms. The van der Waals surface area contributed by atoms with Gasteiger partial charge in [0.2, 0.25) is 5.13 Å². The minimum absolute atomic E-state index is 0.501. The van der Waals surface area contributed by atoms with Gasteiger partial charge < -0.3 is 5.32 Å². The summed E-state index contributed by atoms with van der Waals surface area (Å²) >= 11 is 3.46. The van der Waals surface area contributed by atoms with Crippen LogP contribution < -0.4 is 5.32 Å². The van der Waals surface area contributed by atoms with Gasteiger partial charge in [0, 0.05) is 16.7 Å². The number of anilines is 1. The molecule has 0 spiro atoms. The van der Waals surface area contributed by atoms with E-state index in [1.165, 1.54) is 4.90 Å². The molecule has 0 aliphatic rings. The van der Waals surface area contributed by atoms with E-state index in [4.69, 9.17) is 0 Å². The maximum absolute atomic E-state index is 4.04. The van der Waals surface area contributed by atoms with Crippen molar-refractivity contribution in [1.82, 2.24) is 10.2 Å². The van der Waals surface area contributed by atoms with Gasteiger partial charge in [0.25, 0.3) is 0 Å². The van der Waals surface area contributed by atoms with Gasteiger partial charge in [0.1, 0.15) is 5.01 Å². The topological polar surface area (TPSA) is 37.8 Å². The fraction of sp³-hybridized carbons (Fsp3) is 0.333. The molecule has 0 amide bonds. The predicted molar refractivity (Wildman–Crippen MR) is 74.9 cm³/mol. The molecule has 1 aromatic heterocycles. The van der Waals surface area contributed by atoms with Crippen LogP contribution in [0.25, 0.3) is 0 Å². The molecular formula is C12H15N3S2. The molecule has 0 fully saturated rings. The summed E-state index contributed by atoms with van der Waals surface area (Å²) in [5, 5.41) is 13.7. The van der Waals surface area contributed by atoms with E-state index in [2.05, 4.69) is 46.7 Å². The fourth-order valence-corrected chi connectivity index (χ4v) is 2.92. The van der Waals surface area contributed by atoms with E-state index in [1.807, 2.05) is 24.8 Å². The summed E-state index contributed by atoms with van der Waals surface area (Å²) in [5.41, 5.74) is 0. The van der Waals surface area contributed by atoms with Crippen molar-refractivity contribution in [2.75, 3.05) is 11.9 Å². The van der Waals surface area contributed by atoms with Gasteiger partial charge in [0.15, 0.2) is 0 Å². The molecule has 1 unspecified atom stereocenters. The van der Waals surface area contributed by atoms with Gasteiger partial charge in [-0.25, -0.2) is 0 Å². The van der Waals surface area contributed by atoms with Gasteiger partial charge in [-0.3, -0.25) is 0 Å². The zero-order chi connectivity index (χ0) is 12.1. The summed E-state index contributed by atoms with van der Waals surface area (Å²) in [6.45, 7) is 5.07. The van der Waals surface area contributed by atoms with Crippen LogP contribution >= 0.6 is 23.1 Å². The number of benzene rings is 1. The predicted octanol–water partition coefficient (Wildman–Crippen LogP) is 3.44. The zero-order valence-corrected chi connectivity index (χ0v) is 11.5. The molecule has 1 heterocycles. The number of hydrogen-bond acceptors (Lipinski definition) is 5. The summed E-state index contributed by atoms with van der Waals surface area (Å²) in [4.78, 5) is 1.30. The van der Waals surface area contributed by atoms with Crippen LogP contribution in [0.5, 0.6) is 0 Å². The molecular weight excluding hydrogens is 250 g/mol. The molecule has 1 atom stereocenters. The molecule has 0 aliphatic heterocycles. The van der Waals surface area contributed by atoms with Crippen molar-refractivity contribution in [2.45, 2.75) is 24.0 Å². The van der Waals surface area contributed by atoms with Crippen molar-refractivity contribution in [2.24, 2.45) is 0 Å².